The highest BCUT2D eigenvalue weighted by atomic mass is 16.6. The number of carbonyl (C=O) groups excluding carboxylic acids is 1. The van der Waals surface area contributed by atoms with Crippen molar-refractivity contribution in [2.24, 2.45) is 0 Å². The van der Waals surface area contributed by atoms with E-state index in [0.29, 0.717) is 11.0 Å². The summed E-state index contributed by atoms with van der Waals surface area (Å²) in [5.74, 6) is 4.20. The predicted octanol–water partition coefficient (Wildman–Crippen LogP) is -0.221. The lowest BCUT2D eigenvalue weighted by Crippen LogP contribution is -2.25. The fourth-order valence-electron chi connectivity index (χ4n) is 0.833. The van der Waals surface area contributed by atoms with Crippen molar-refractivity contribution in [1.82, 2.24) is 0 Å². The second kappa shape index (κ2) is 4.00. The fraction of sp³-hybridized carbons (Fsp3) is 0. The molecule has 6 nitrogen and oxygen atoms in total. The predicted molar refractivity (Wildman–Crippen MR) is 45.0 cm³/mol. The van der Waals surface area contributed by atoms with Crippen LogP contribution in [-0.2, 0) is 4.79 Å². The standard InChI is InChI=1S/C8H4N2O4/c11-5-1-2-7-6-9(12)4-3-8(7)10(13)14/h3-6H. The maximum atomic E-state index is 10.8. The van der Waals surface area contributed by atoms with Gasteiger partial charge >= 0.3 is 0 Å². The largest absolute Gasteiger partial charge is 0.619 e. The third kappa shape index (κ3) is 2.04. The SMILES string of the molecule is O=CC#Cc1c[n+]([O-])ccc1[N+](=O)[O-]. The van der Waals surface area contributed by atoms with Crippen LogP contribution in [0.1, 0.15) is 5.56 Å². The van der Waals surface area contributed by atoms with Crippen molar-refractivity contribution < 1.29 is 14.4 Å². The minimum atomic E-state index is -0.672. The number of nitro groups is 1. The molecule has 6 heteroatoms. The summed E-state index contributed by atoms with van der Waals surface area (Å²) in [4.78, 5) is 19.7. The molecule has 0 atom stereocenters. The van der Waals surface area contributed by atoms with Gasteiger partial charge in [0.15, 0.2) is 18.0 Å². The van der Waals surface area contributed by atoms with Crippen molar-refractivity contribution in [3.8, 4) is 11.8 Å². The van der Waals surface area contributed by atoms with E-state index in [1.54, 1.807) is 0 Å². The molecule has 0 N–H and O–H groups in total. The Kier molecular flexibility index (Phi) is 2.76. The first-order valence-corrected chi connectivity index (χ1v) is 3.47. The molecule has 0 bridgehead atoms. The van der Waals surface area contributed by atoms with Gasteiger partial charge in [0.1, 0.15) is 0 Å². The van der Waals surface area contributed by atoms with Gasteiger partial charge < -0.3 is 5.21 Å². The third-order valence-electron chi connectivity index (χ3n) is 1.37. The molecule has 0 fully saturated rings. The minimum absolute atomic E-state index is 0.0837. The molecule has 1 aromatic heterocycles. The molecule has 0 saturated heterocycles. The Hall–Kier alpha value is -2.42. The maximum absolute atomic E-state index is 10.8. The molecule has 0 unspecified atom stereocenters. The number of pyridine rings is 1. The van der Waals surface area contributed by atoms with E-state index in [2.05, 4.69) is 5.92 Å². The van der Waals surface area contributed by atoms with E-state index in [4.69, 9.17) is 0 Å². The summed E-state index contributed by atoms with van der Waals surface area (Å²) < 4.78 is 0.377. The summed E-state index contributed by atoms with van der Waals surface area (Å²) in [6, 6.07) is 1.03. The molecule has 0 aromatic carbocycles. The zero-order valence-electron chi connectivity index (χ0n) is 6.84. The molecule has 1 rings (SSSR count). The molecule has 0 amide bonds. The van der Waals surface area contributed by atoms with Gasteiger partial charge in [0.25, 0.3) is 5.69 Å². The van der Waals surface area contributed by atoms with Crippen LogP contribution in [0.3, 0.4) is 0 Å². The van der Waals surface area contributed by atoms with Crippen molar-refractivity contribution in [2.75, 3.05) is 0 Å². The molecule has 14 heavy (non-hydrogen) atoms. The zero-order valence-corrected chi connectivity index (χ0v) is 6.84. The topological polar surface area (TPSA) is 87.2 Å². The van der Waals surface area contributed by atoms with Crippen LogP contribution in [0.4, 0.5) is 5.69 Å². The maximum Gasteiger partial charge on any atom is 0.297 e. The highest BCUT2D eigenvalue weighted by Crippen LogP contribution is 2.13. The molecule has 0 spiro atoms. The number of hydrogen-bond donors (Lipinski definition) is 0. The van der Waals surface area contributed by atoms with Crippen molar-refractivity contribution in [2.45, 2.75) is 0 Å². The summed E-state index contributed by atoms with van der Waals surface area (Å²) >= 11 is 0. The van der Waals surface area contributed by atoms with Gasteiger partial charge in [0.2, 0.25) is 6.20 Å². The van der Waals surface area contributed by atoms with E-state index in [9.17, 15) is 20.1 Å². The molecule has 0 saturated carbocycles. The van der Waals surface area contributed by atoms with Gasteiger partial charge in [-0.15, -0.1) is 0 Å². The Morgan fingerprint density at radius 1 is 1.57 bits per heavy atom. The van der Waals surface area contributed by atoms with E-state index in [-0.39, 0.29) is 11.3 Å². The summed E-state index contributed by atoms with van der Waals surface area (Å²) in [7, 11) is 0. The molecule has 0 aliphatic heterocycles. The van der Waals surface area contributed by atoms with Crippen molar-refractivity contribution >= 4 is 12.0 Å². The molecule has 0 radical (unpaired) electrons. The molecular weight excluding hydrogens is 188 g/mol. The van der Waals surface area contributed by atoms with Crippen molar-refractivity contribution in [3.63, 3.8) is 0 Å². The summed E-state index contributed by atoms with van der Waals surface area (Å²) in [6.07, 6.45) is 2.23. The second-order valence-electron chi connectivity index (χ2n) is 2.25. The van der Waals surface area contributed by atoms with Crippen LogP contribution in [0, 0.1) is 27.2 Å². The van der Waals surface area contributed by atoms with Crippen LogP contribution in [0.5, 0.6) is 0 Å². The normalized spacial score (nSPS) is 8.57. The van der Waals surface area contributed by atoms with Crippen LogP contribution >= 0.6 is 0 Å². The number of aromatic nitrogens is 1. The Balaban J connectivity index is 3.29. The Labute approximate surface area is 78.5 Å². The van der Waals surface area contributed by atoms with Gasteiger partial charge in [-0.1, -0.05) is 0 Å². The average molecular weight is 192 g/mol. The fourth-order valence-corrected chi connectivity index (χ4v) is 0.833. The number of aldehydes is 1. The number of nitrogens with zero attached hydrogens (tertiary/aromatic N) is 2. The van der Waals surface area contributed by atoms with Crippen LogP contribution in [0.25, 0.3) is 0 Å². The van der Waals surface area contributed by atoms with E-state index < -0.39 is 4.92 Å². The summed E-state index contributed by atoms with van der Waals surface area (Å²) in [6.45, 7) is 0. The van der Waals surface area contributed by atoms with Crippen LogP contribution < -0.4 is 4.73 Å². The Bertz CT molecular complexity index is 444. The van der Waals surface area contributed by atoms with Crippen LogP contribution in [-0.4, -0.2) is 11.2 Å². The minimum Gasteiger partial charge on any atom is -0.619 e. The first-order valence-electron chi connectivity index (χ1n) is 3.47. The van der Waals surface area contributed by atoms with Gasteiger partial charge in [-0.2, -0.15) is 4.73 Å². The van der Waals surface area contributed by atoms with Gasteiger partial charge in [0, 0.05) is 0 Å². The smallest absolute Gasteiger partial charge is 0.297 e. The lowest BCUT2D eigenvalue weighted by molar-refractivity contribution is -0.606. The average Bonchev–Trinajstić information content (AvgIpc) is 2.14. The quantitative estimate of drug-likeness (QED) is 0.154. The number of hydrogen-bond acceptors (Lipinski definition) is 4. The van der Waals surface area contributed by atoms with Crippen molar-refractivity contribution in [3.05, 3.63) is 39.3 Å². The van der Waals surface area contributed by atoms with E-state index in [1.165, 1.54) is 0 Å². The zero-order chi connectivity index (χ0) is 10.6. The van der Waals surface area contributed by atoms with E-state index in [1.807, 2.05) is 5.92 Å². The summed E-state index contributed by atoms with van der Waals surface area (Å²) in [5, 5.41) is 21.2. The Morgan fingerprint density at radius 2 is 2.29 bits per heavy atom. The van der Waals surface area contributed by atoms with Crippen molar-refractivity contribution in [1.29, 1.82) is 0 Å². The highest BCUT2D eigenvalue weighted by molar-refractivity contribution is 5.74. The van der Waals surface area contributed by atoms with Crippen LogP contribution in [0.2, 0.25) is 0 Å². The van der Waals surface area contributed by atoms with Gasteiger partial charge in [-0.25, -0.2) is 0 Å². The second-order valence-corrected chi connectivity index (χ2v) is 2.25. The van der Waals surface area contributed by atoms with Gasteiger partial charge in [0.05, 0.1) is 11.0 Å². The monoisotopic (exact) mass is 192 g/mol. The molecule has 1 aromatic rings. The van der Waals surface area contributed by atoms with Gasteiger partial charge in [-0.05, 0) is 11.8 Å². The number of rotatable bonds is 1. The van der Waals surface area contributed by atoms with E-state index in [0.717, 1.165) is 18.5 Å². The molecule has 0 aliphatic carbocycles. The first-order chi connectivity index (χ1) is 6.65. The Morgan fingerprint density at radius 3 is 2.86 bits per heavy atom. The van der Waals surface area contributed by atoms with E-state index >= 15 is 0 Å². The first kappa shape index (κ1) is 9.67. The number of carbonyl (C=O) groups is 1. The lowest BCUT2D eigenvalue weighted by atomic mass is 10.2. The molecular formula is C8H4N2O4. The lowest BCUT2D eigenvalue weighted by Gasteiger charge is -1.96. The highest BCUT2D eigenvalue weighted by Gasteiger charge is 2.14. The summed E-state index contributed by atoms with van der Waals surface area (Å²) in [5.41, 5.74) is -0.383. The third-order valence-corrected chi connectivity index (χ3v) is 1.37. The molecule has 1 heterocycles. The molecule has 70 valence electrons. The molecule has 0 aliphatic rings. The van der Waals surface area contributed by atoms with Crippen LogP contribution in [0.15, 0.2) is 18.5 Å². The van der Waals surface area contributed by atoms with Gasteiger partial charge in [-0.3, -0.25) is 14.9 Å².